The summed E-state index contributed by atoms with van der Waals surface area (Å²) in [6, 6.07) is 21.6. The number of benzene rings is 4. The van der Waals surface area contributed by atoms with Crippen LogP contribution in [-0.4, -0.2) is 98.7 Å². The molecule has 4 aromatic carbocycles. The maximum absolute atomic E-state index is 16.4. The number of unbranched alkanes of at least 4 members (excludes halogenated alkanes) is 1. The Morgan fingerprint density at radius 3 is 2.39 bits per heavy atom. The fourth-order valence-corrected chi connectivity index (χ4v) is 13.2. The quantitative estimate of drug-likeness (QED) is 0.0349. The predicted molar refractivity (Wildman–Crippen MR) is 293 cm³/mol. The maximum atomic E-state index is 16.4. The molecule has 3 aliphatic heterocycles. The number of aromatic nitrogens is 1. The van der Waals surface area contributed by atoms with Crippen molar-refractivity contribution in [2.45, 2.75) is 139 Å². The molecule has 76 heavy (non-hydrogen) atoms. The molecule has 5 amide bonds. The first-order valence-corrected chi connectivity index (χ1v) is 27.7. The van der Waals surface area contributed by atoms with Gasteiger partial charge in [0.1, 0.15) is 29.5 Å². The summed E-state index contributed by atoms with van der Waals surface area (Å²) in [6.07, 6.45) is 2.65. The molecule has 0 bridgehead atoms. The first-order valence-electron chi connectivity index (χ1n) is 26.0. The second-order valence-corrected chi connectivity index (χ2v) is 23.4. The van der Waals surface area contributed by atoms with Crippen molar-refractivity contribution >= 4 is 75.4 Å². The Morgan fingerprint density at radius 1 is 0.961 bits per heavy atom. The SMILES string of the molecule is Cc1ncsc1-c1ccc(CNC(=O)[C@@H]2C[C@@H](O)CN2C(=O)[C@@H](NC(=O)CCCCNC(=O)c2ccc(NC(O)[C@@H]3NC4(CCCCC4)[C@@]4(C(=O)Nc5cc(Cl)ccc54)[C@H]3c3cccc(Cl)c3F)cc2)C(C)(C)C)cc1. The molecule has 2 spiro atoms. The monoisotopic (exact) mass is 1090 g/mol. The predicted octanol–water partition coefficient (Wildman–Crippen LogP) is 8.35. The summed E-state index contributed by atoms with van der Waals surface area (Å²) >= 11 is 14.4. The minimum Gasteiger partial charge on any atom is -0.391 e. The van der Waals surface area contributed by atoms with Crippen LogP contribution in [0, 0.1) is 18.2 Å². The number of amides is 5. The molecular weight excluding hydrogens is 1030 g/mol. The van der Waals surface area contributed by atoms with Crippen molar-refractivity contribution in [3.63, 3.8) is 0 Å². The van der Waals surface area contributed by atoms with Gasteiger partial charge < -0.3 is 47.0 Å². The Bertz CT molecular complexity index is 2980. The van der Waals surface area contributed by atoms with E-state index in [0.29, 0.717) is 53.2 Å². The van der Waals surface area contributed by atoms with Crippen LogP contribution in [0.15, 0.2) is 90.4 Å². The summed E-state index contributed by atoms with van der Waals surface area (Å²) in [5.41, 5.74) is 4.05. The van der Waals surface area contributed by atoms with E-state index in [9.17, 15) is 34.2 Å². The lowest BCUT2D eigenvalue weighted by atomic mass is 9.55. The topological polar surface area (TPSA) is 214 Å². The summed E-state index contributed by atoms with van der Waals surface area (Å²) in [4.78, 5) is 75.8. The third-order valence-corrected chi connectivity index (χ3v) is 17.2. The van der Waals surface area contributed by atoms with Gasteiger partial charge in [-0.05, 0) is 103 Å². The summed E-state index contributed by atoms with van der Waals surface area (Å²) in [7, 11) is 0. The number of aliphatic hydroxyl groups excluding tert-OH is 2. The van der Waals surface area contributed by atoms with Crippen LogP contribution in [-0.2, 0) is 31.1 Å². The second-order valence-electron chi connectivity index (χ2n) is 21.7. The van der Waals surface area contributed by atoms with Gasteiger partial charge in [-0.25, -0.2) is 9.37 Å². The Labute approximate surface area is 456 Å². The van der Waals surface area contributed by atoms with Crippen molar-refractivity contribution in [3.8, 4) is 10.4 Å². The van der Waals surface area contributed by atoms with E-state index in [1.54, 1.807) is 65.4 Å². The van der Waals surface area contributed by atoms with Gasteiger partial charge in [0, 0.05) is 65.9 Å². The molecule has 1 aliphatic carbocycles. The molecule has 2 saturated heterocycles. The molecule has 1 aromatic heterocycles. The van der Waals surface area contributed by atoms with Gasteiger partial charge >= 0.3 is 0 Å². The molecule has 8 N–H and O–H groups in total. The molecule has 19 heteroatoms. The first kappa shape index (κ1) is 54.8. The van der Waals surface area contributed by atoms with Gasteiger partial charge in [-0.15, -0.1) is 11.3 Å². The number of carbonyl (C=O) groups excluding carboxylic acids is 5. The average molecular weight is 1100 g/mol. The number of rotatable bonds is 16. The Morgan fingerprint density at radius 2 is 1.70 bits per heavy atom. The summed E-state index contributed by atoms with van der Waals surface area (Å²) in [6.45, 7) is 7.91. The largest absolute Gasteiger partial charge is 0.391 e. The molecular formula is C57H65Cl2FN8O7S. The minimum absolute atomic E-state index is 0.0382. The zero-order valence-corrected chi connectivity index (χ0v) is 45.3. The highest BCUT2D eigenvalue weighted by molar-refractivity contribution is 7.13. The number of hydrogen-bond donors (Lipinski definition) is 8. The van der Waals surface area contributed by atoms with Crippen LogP contribution in [0.5, 0.6) is 0 Å². The lowest BCUT2D eigenvalue weighted by Gasteiger charge is -2.47. The second kappa shape index (κ2) is 22.6. The molecule has 0 radical (unpaired) electrons. The highest BCUT2D eigenvalue weighted by Gasteiger charge is 2.72. The minimum atomic E-state index is -1.34. The van der Waals surface area contributed by atoms with Crippen LogP contribution in [0.2, 0.25) is 10.0 Å². The van der Waals surface area contributed by atoms with E-state index in [0.717, 1.165) is 41.0 Å². The van der Waals surface area contributed by atoms with E-state index in [1.165, 1.54) is 11.0 Å². The lowest BCUT2D eigenvalue weighted by Crippen LogP contribution is -2.60. The van der Waals surface area contributed by atoms with Crippen molar-refractivity contribution in [1.29, 1.82) is 0 Å². The van der Waals surface area contributed by atoms with Crippen molar-refractivity contribution in [3.05, 3.63) is 134 Å². The van der Waals surface area contributed by atoms with Gasteiger partial charge in [-0.1, -0.05) is 106 Å². The lowest BCUT2D eigenvalue weighted by molar-refractivity contribution is -0.144. The van der Waals surface area contributed by atoms with Crippen molar-refractivity contribution in [2.75, 3.05) is 23.7 Å². The number of fused-ring (bicyclic) bond motifs is 3. The fraction of sp³-hybridized carbons (Fsp3) is 0.439. The number of hydrogen-bond acceptors (Lipinski definition) is 11. The Hall–Kier alpha value is -5.95. The first-order chi connectivity index (χ1) is 36.3. The third-order valence-electron chi connectivity index (χ3n) is 15.7. The molecule has 7 atom stereocenters. The standard InChI is InChI=1S/C57H65Cl2FN8O7S/c1-32-48(76-31-63-32)34-16-14-33(15-17-34)29-62-51(72)43-28-38(69)30-68(43)53(74)49(55(2,3)4)66-44(70)13-6-9-26-61-50(71)35-18-21-37(22-19-35)64-52(73)47-45(39-11-10-12-41(59)46(39)60)57(56(67-47)24-7-5-8-25-56)40-23-20-36(58)27-42(40)65-54(57)75/h10-12,14-23,27,31,38,43,45,47,49,52,64,67,69,73H,5-9,13,24-26,28-30H2,1-4H3,(H,61,71)(H,62,72)(H,65,75)(H,66,70)/t38-,43+,45+,47-,49-,52?,57-/m1/s1. The normalized spacial score (nSPS) is 22.5. The van der Waals surface area contributed by atoms with Crippen LogP contribution in [0.25, 0.3) is 10.4 Å². The highest BCUT2D eigenvalue weighted by Crippen LogP contribution is 2.63. The van der Waals surface area contributed by atoms with E-state index >= 15 is 4.39 Å². The molecule has 402 valence electrons. The molecule has 3 fully saturated rings. The number of carbonyl (C=O) groups is 5. The van der Waals surface area contributed by atoms with Crippen molar-refractivity contribution < 1.29 is 38.6 Å². The summed E-state index contributed by atoms with van der Waals surface area (Å²) in [5, 5.41) is 41.8. The van der Waals surface area contributed by atoms with E-state index in [2.05, 4.69) is 36.9 Å². The molecule has 1 saturated carbocycles. The third kappa shape index (κ3) is 10.8. The zero-order chi connectivity index (χ0) is 54.1. The number of halogens is 3. The summed E-state index contributed by atoms with van der Waals surface area (Å²) in [5.74, 6) is -3.41. The average Bonchev–Trinajstić information content (AvgIpc) is 4.35. The van der Waals surface area contributed by atoms with E-state index < -0.39 is 64.5 Å². The number of aliphatic hydroxyl groups is 2. The van der Waals surface area contributed by atoms with Gasteiger partial charge in [-0.3, -0.25) is 24.0 Å². The number of aryl methyl sites for hydroxylation is 1. The number of nitrogens with zero attached hydrogens (tertiary/aromatic N) is 2. The van der Waals surface area contributed by atoms with Crippen LogP contribution in [0.1, 0.15) is 117 Å². The smallest absolute Gasteiger partial charge is 0.251 e. The molecule has 1 unspecified atom stereocenters. The molecule has 4 aliphatic rings. The van der Waals surface area contributed by atoms with Gasteiger partial charge in [0.15, 0.2) is 0 Å². The Kier molecular flexibility index (Phi) is 16.3. The van der Waals surface area contributed by atoms with Crippen molar-refractivity contribution in [2.24, 2.45) is 5.41 Å². The summed E-state index contributed by atoms with van der Waals surface area (Å²) < 4.78 is 16.4. The molecule has 15 nitrogen and oxygen atoms in total. The van der Waals surface area contributed by atoms with Gasteiger partial charge in [0.25, 0.3) is 5.91 Å². The fourth-order valence-electron chi connectivity index (χ4n) is 12.0. The van der Waals surface area contributed by atoms with Crippen LogP contribution < -0.4 is 31.9 Å². The Balaban J connectivity index is 0.780. The number of anilines is 2. The number of thiazole rings is 1. The number of β-amino-alcohol motifs (C(OH)–C–C–N with tert-alkyl or cyclic N) is 1. The number of likely N-dealkylation sites (tertiary alicyclic amines) is 1. The zero-order valence-electron chi connectivity index (χ0n) is 43.0. The van der Waals surface area contributed by atoms with Gasteiger partial charge in [0.05, 0.1) is 33.3 Å². The van der Waals surface area contributed by atoms with Crippen LogP contribution in [0.3, 0.4) is 0 Å². The van der Waals surface area contributed by atoms with Crippen molar-refractivity contribution in [1.82, 2.24) is 31.2 Å². The van der Waals surface area contributed by atoms with Gasteiger partial charge in [-0.2, -0.15) is 0 Å². The number of nitrogens with one attached hydrogen (secondary N) is 6. The molecule has 5 aromatic rings. The van der Waals surface area contributed by atoms with E-state index in [4.69, 9.17) is 23.2 Å². The maximum Gasteiger partial charge on any atom is 0.251 e. The molecule has 4 heterocycles. The van der Waals surface area contributed by atoms with Crippen LogP contribution in [0.4, 0.5) is 15.8 Å². The van der Waals surface area contributed by atoms with E-state index in [1.807, 2.05) is 58.0 Å². The molecule has 9 rings (SSSR count). The van der Waals surface area contributed by atoms with E-state index in [-0.39, 0.29) is 66.7 Å². The van der Waals surface area contributed by atoms with Gasteiger partial charge in [0.2, 0.25) is 23.6 Å². The van der Waals surface area contributed by atoms with Crippen LogP contribution >= 0.6 is 34.5 Å². The highest BCUT2D eigenvalue weighted by atomic mass is 35.5.